The maximum atomic E-state index is 13.5. The highest BCUT2D eigenvalue weighted by molar-refractivity contribution is 5.95. The molecule has 1 heterocycles. The van der Waals surface area contributed by atoms with Gasteiger partial charge < -0.3 is 10.2 Å². The number of hydrogen-bond acceptors (Lipinski definition) is 2. The van der Waals surface area contributed by atoms with Gasteiger partial charge in [-0.25, -0.2) is 8.78 Å². The average Bonchev–Trinajstić information content (AvgIpc) is 2.57. The molecular formula is C18H18F2N2O. The van der Waals surface area contributed by atoms with Gasteiger partial charge in [0.2, 0.25) is 5.91 Å². The first kappa shape index (κ1) is 15.6. The van der Waals surface area contributed by atoms with Crippen LogP contribution in [0, 0.1) is 11.6 Å². The Balaban J connectivity index is 1.61. The van der Waals surface area contributed by atoms with E-state index in [0.29, 0.717) is 6.54 Å². The van der Waals surface area contributed by atoms with Crippen molar-refractivity contribution in [3.63, 3.8) is 0 Å². The fourth-order valence-corrected chi connectivity index (χ4v) is 2.87. The Labute approximate surface area is 133 Å². The largest absolute Gasteiger partial charge is 0.311 e. The second kappa shape index (κ2) is 6.87. The highest BCUT2D eigenvalue weighted by atomic mass is 19.1. The molecule has 1 amide bonds. The Hall–Kier alpha value is -2.27. The van der Waals surface area contributed by atoms with Crippen molar-refractivity contribution in [2.45, 2.75) is 19.4 Å². The van der Waals surface area contributed by atoms with E-state index in [-0.39, 0.29) is 24.6 Å². The minimum Gasteiger partial charge on any atom is -0.311 e. The molecule has 0 spiro atoms. The van der Waals surface area contributed by atoms with E-state index in [9.17, 15) is 13.6 Å². The van der Waals surface area contributed by atoms with Crippen LogP contribution in [0.2, 0.25) is 0 Å². The van der Waals surface area contributed by atoms with Crippen LogP contribution in [0.1, 0.15) is 17.5 Å². The van der Waals surface area contributed by atoms with Crippen molar-refractivity contribution in [2.75, 3.05) is 18.0 Å². The molecule has 5 heteroatoms. The van der Waals surface area contributed by atoms with E-state index in [1.807, 2.05) is 24.3 Å². The first-order valence-electron chi connectivity index (χ1n) is 7.68. The van der Waals surface area contributed by atoms with E-state index in [2.05, 4.69) is 5.32 Å². The fourth-order valence-electron chi connectivity index (χ4n) is 2.87. The molecule has 3 nitrogen and oxygen atoms in total. The molecule has 0 aromatic heterocycles. The number of hydrogen-bond donors (Lipinski definition) is 1. The number of halogens is 2. The molecule has 0 saturated carbocycles. The average molecular weight is 316 g/mol. The van der Waals surface area contributed by atoms with Gasteiger partial charge in [0.15, 0.2) is 0 Å². The van der Waals surface area contributed by atoms with Gasteiger partial charge in [0.25, 0.3) is 0 Å². The molecule has 0 saturated heterocycles. The number of nitrogens with zero attached hydrogens (tertiary/aromatic N) is 1. The van der Waals surface area contributed by atoms with Crippen molar-refractivity contribution in [3.05, 3.63) is 65.2 Å². The second-order valence-electron chi connectivity index (χ2n) is 5.62. The second-order valence-corrected chi connectivity index (χ2v) is 5.62. The lowest BCUT2D eigenvalue weighted by atomic mass is 10.0. The summed E-state index contributed by atoms with van der Waals surface area (Å²) in [5, 5.41) is 2.90. The Morgan fingerprint density at radius 3 is 2.87 bits per heavy atom. The van der Waals surface area contributed by atoms with E-state index >= 15 is 0 Å². The molecule has 1 N–H and O–H groups in total. The molecular weight excluding hydrogens is 298 g/mol. The molecule has 0 aliphatic carbocycles. The topological polar surface area (TPSA) is 32.3 Å². The van der Waals surface area contributed by atoms with E-state index in [1.54, 1.807) is 4.90 Å². The highest BCUT2D eigenvalue weighted by Gasteiger charge is 2.21. The number of carbonyl (C=O) groups excluding carboxylic acids is 1. The number of aryl methyl sites for hydroxylation is 1. The van der Waals surface area contributed by atoms with Gasteiger partial charge in [-0.1, -0.05) is 18.2 Å². The summed E-state index contributed by atoms with van der Waals surface area (Å²) in [7, 11) is 0. The predicted octanol–water partition coefficient (Wildman–Crippen LogP) is 3.03. The lowest BCUT2D eigenvalue weighted by Gasteiger charge is -2.29. The summed E-state index contributed by atoms with van der Waals surface area (Å²) in [6.45, 7) is 0.890. The van der Waals surface area contributed by atoms with Crippen molar-refractivity contribution in [1.29, 1.82) is 0 Å². The molecule has 3 rings (SSSR count). The monoisotopic (exact) mass is 316 g/mol. The lowest BCUT2D eigenvalue weighted by Crippen LogP contribution is -2.41. The summed E-state index contributed by atoms with van der Waals surface area (Å²) in [5.74, 6) is -1.02. The van der Waals surface area contributed by atoms with Gasteiger partial charge in [-0.05, 0) is 42.7 Å². The van der Waals surface area contributed by atoms with Gasteiger partial charge >= 0.3 is 0 Å². The zero-order valence-corrected chi connectivity index (χ0v) is 12.7. The Morgan fingerprint density at radius 1 is 1.17 bits per heavy atom. The van der Waals surface area contributed by atoms with Gasteiger partial charge in [-0.15, -0.1) is 0 Å². The number of nitrogens with one attached hydrogen (secondary N) is 1. The summed E-state index contributed by atoms with van der Waals surface area (Å²) in [4.78, 5) is 14.2. The molecule has 0 radical (unpaired) electrons. The number of amides is 1. The Morgan fingerprint density at radius 2 is 2.00 bits per heavy atom. The van der Waals surface area contributed by atoms with Crippen LogP contribution in [-0.2, 0) is 17.8 Å². The minimum absolute atomic E-state index is 0.0611. The van der Waals surface area contributed by atoms with E-state index in [1.165, 1.54) is 5.56 Å². The summed E-state index contributed by atoms with van der Waals surface area (Å²) in [6.07, 6.45) is 1.91. The quantitative estimate of drug-likeness (QED) is 0.940. The van der Waals surface area contributed by atoms with Crippen molar-refractivity contribution in [3.8, 4) is 0 Å². The van der Waals surface area contributed by atoms with Crippen molar-refractivity contribution in [2.24, 2.45) is 0 Å². The lowest BCUT2D eigenvalue weighted by molar-refractivity contribution is -0.117. The van der Waals surface area contributed by atoms with Crippen LogP contribution in [-0.4, -0.2) is 19.0 Å². The number of anilines is 1. The van der Waals surface area contributed by atoms with Crippen LogP contribution < -0.4 is 10.2 Å². The van der Waals surface area contributed by atoms with Crippen LogP contribution in [0.3, 0.4) is 0 Å². The van der Waals surface area contributed by atoms with Crippen LogP contribution >= 0.6 is 0 Å². The first-order valence-corrected chi connectivity index (χ1v) is 7.68. The van der Waals surface area contributed by atoms with Gasteiger partial charge in [-0.3, -0.25) is 4.79 Å². The summed E-state index contributed by atoms with van der Waals surface area (Å²) in [6, 6.07) is 11.2. The molecule has 1 aliphatic heterocycles. The van der Waals surface area contributed by atoms with Crippen LogP contribution in [0.4, 0.5) is 14.5 Å². The third-order valence-electron chi connectivity index (χ3n) is 4.01. The van der Waals surface area contributed by atoms with Gasteiger partial charge in [0, 0.05) is 24.3 Å². The standard InChI is InChI=1S/C18H18F2N2O/c19-15-7-8-16(20)14(10-15)11-21-12-18(23)22-9-3-5-13-4-1-2-6-17(13)22/h1-2,4,6-8,10,21H,3,5,9,11-12H2. The zero-order valence-electron chi connectivity index (χ0n) is 12.7. The maximum absolute atomic E-state index is 13.5. The molecule has 2 aromatic rings. The summed E-state index contributed by atoms with van der Waals surface area (Å²) >= 11 is 0. The highest BCUT2D eigenvalue weighted by Crippen LogP contribution is 2.26. The van der Waals surface area contributed by atoms with Crippen LogP contribution in [0.25, 0.3) is 0 Å². The number of benzene rings is 2. The third-order valence-corrected chi connectivity index (χ3v) is 4.01. The van der Waals surface area contributed by atoms with Crippen molar-refractivity contribution < 1.29 is 13.6 Å². The first-order chi connectivity index (χ1) is 11.1. The minimum atomic E-state index is -0.487. The van der Waals surface area contributed by atoms with E-state index in [4.69, 9.17) is 0 Å². The number of para-hydroxylation sites is 1. The fraction of sp³-hybridized carbons (Fsp3) is 0.278. The SMILES string of the molecule is O=C(CNCc1cc(F)ccc1F)N1CCCc2ccccc21. The zero-order chi connectivity index (χ0) is 16.2. The molecule has 2 aromatic carbocycles. The number of carbonyl (C=O) groups is 1. The summed E-state index contributed by atoms with van der Waals surface area (Å²) < 4.78 is 26.7. The van der Waals surface area contributed by atoms with Crippen molar-refractivity contribution >= 4 is 11.6 Å². The van der Waals surface area contributed by atoms with Gasteiger partial charge in [0.1, 0.15) is 11.6 Å². The molecule has 120 valence electrons. The van der Waals surface area contributed by atoms with Crippen molar-refractivity contribution in [1.82, 2.24) is 5.32 Å². The van der Waals surface area contributed by atoms with E-state index in [0.717, 1.165) is 36.7 Å². The number of fused-ring (bicyclic) bond motifs is 1. The molecule has 0 atom stereocenters. The van der Waals surface area contributed by atoms with Gasteiger partial charge in [0.05, 0.1) is 6.54 Å². The Kier molecular flexibility index (Phi) is 4.67. The normalized spacial score (nSPS) is 13.7. The van der Waals surface area contributed by atoms with Crippen LogP contribution in [0.15, 0.2) is 42.5 Å². The smallest absolute Gasteiger partial charge is 0.240 e. The summed E-state index contributed by atoms with van der Waals surface area (Å²) in [5.41, 5.74) is 2.34. The Bertz CT molecular complexity index is 718. The molecule has 0 unspecified atom stereocenters. The predicted molar refractivity (Wildman–Crippen MR) is 85.2 cm³/mol. The molecule has 0 bridgehead atoms. The third kappa shape index (κ3) is 3.56. The number of rotatable bonds is 4. The van der Waals surface area contributed by atoms with Gasteiger partial charge in [-0.2, -0.15) is 0 Å². The van der Waals surface area contributed by atoms with E-state index < -0.39 is 11.6 Å². The van der Waals surface area contributed by atoms with Crippen LogP contribution in [0.5, 0.6) is 0 Å². The molecule has 1 aliphatic rings. The molecule has 23 heavy (non-hydrogen) atoms. The maximum Gasteiger partial charge on any atom is 0.240 e. The molecule has 0 fully saturated rings.